The molecule has 0 amide bonds. The minimum atomic E-state index is 0.129. The van der Waals surface area contributed by atoms with Crippen molar-refractivity contribution in [3.8, 4) is 33.9 Å². The number of rotatable bonds is 5. The zero-order chi connectivity index (χ0) is 19.5. The molecule has 3 aromatic carbocycles. The summed E-state index contributed by atoms with van der Waals surface area (Å²) >= 11 is 5.90. The van der Waals surface area contributed by atoms with Gasteiger partial charge in [0.1, 0.15) is 23.8 Å². The van der Waals surface area contributed by atoms with Gasteiger partial charge in [0.05, 0.1) is 0 Å². The topological polar surface area (TPSA) is 47.3 Å². The van der Waals surface area contributed by atoms with Crippen molar-refractivity contribution >= 4 is 11.6 Å². The van der Waals surface area contributed by atoms with Crippen molar-refractivity contribution in [2.75, 3.05) is 0 Å². The Hall–Kier alpha value is -3.24. The number of aromatic nitrogens is 2. The van der Waals surface area contributed by atoms with Crippen molar-refractivity contribution in [3.05, 3.63) is 89.6 Å². The van der Waals surface area contributed by atoms with E-state index in [2.05, 4.69) is 5.10 Å². The summed E-state index contributed by atoms with van der Waals surface area (Å²) in [5.74, 6) is 0.720. The predicted octanol–water partition coefficient (Wildman–Crippen LogP) is 5.69. The molecule has 0 bridgehead atoms. The number of benzene rings is 3. The van der Waals surface area contributed by atoms with E-state index in [-0.39, 0.29) is 5.75 Å². The molecule has 5 heteroatoms. The van der Waals surface area contributed by atoms with E-state index in [1.165, 1.54) is 0 Å². The zero-order valence-electron chi connectivity index (χ0n) is 15.3. The fourth-order valence-corrected chi connectivity index (χ4v) is 3.19. The standard InChI is InChI=1S/C23H19ClN2O2/c1-26-14-21(17-5-3-2-4-6-17)23(25-26)20-12-11-19(13-22(20)27)28-15-16-7-9-18(24)10-8-16/h2-14,27H,15H2,1H3. The Morgan fingerprint density at radius 3 is 2.43 bits per heavy atom. The van der Waals surface area contributed by atoms with Crippen molar-refractivity contribution in [3.63, 3.8) is 0 Å². The molecular weight excluding hydrogens is 372 g/mol. The Bertz CT molecular complexity index is 1090. The molecule has 0 fully saturated rings. The second-order valence-electron chi connectivity index (χ2n) is 6.53. The normalized spacial score (nSPS) is 10.8. The van der Waals surface area contributed by atoms with E-state index in [1.807, 2.05) is 80.0 Å². The number of halogens is 1. The summed E-state index contributed by atoms with van der Waals surface area (Å²) in [7, 11) is 1.87. The molecule has 1 heterocycles. The molecule has 0 atom stereocenters. The number of hydrogen-bond donors (Lipinski definition) is 1. The molecule has 140 valence electrons. The van der Waals surface area contributed by atoms with E-state index in [1.54, 1.807) is 10.7 Å². The van der Waals surface area contributed by atoms with Crippen LogP contribution in [0.4, 0.5) is 0 Å². The Morgan fingerprint density at radius 2 is 1.71 bits per heavy atom. The third kappa shape index (κ3) is 3.87. The minimum Gasteiger partial charge on any atom is -0.507 e. The predicted molar refractivity (Wildman–Crippen MR) is 112 cm³/mol. The molecule has 0 aliphatic heterocycles. The fourth-order valence-electron chi connectivity index (χ4n) is 3.07. The van der Waals surface area contributed by atoms with Crippen molar-refractivity contribution in [1.29, 1.82) is 0 Å². The molecule has 0 radical (unpaired) electrons. The highest BCUT2D eigenvalue weighted by atomic mass is 35.5. The quantitative estimate of drug-likeness (QED) is 0.476. The first kappa shape index (κ1) is 18.1. The third-order valence-corrected chi connectivity index (χ3v) is 4.71. The molecule has 0 unspecified atom stereocenters. The van der Waals surface area contributed by atoms with Gasteiger partial charge in [0.2, 0.25) is 0 Å². The van der Waals surface area contributed by atoms with Crippen molar-refractivity contribution in [2.24, 2.45) is 7.05 Å². The summed E-state index contributed by atoms with van der Waals surface area (Å²) < 4.78 is 7.55. The van der Waals surface area contributed by atoms with Gasteiger partial charge in [-0.15, -0.1) is 0 Å². The van der Waals surface area contributed by atoms with E-state index < -0.39 is 0 Å². The van der Waals surface area contributed by atoms with Crippen LogP contribution in [-0.4, -0.2) is 14.9 Å². The average molecular weight is 391 g/mol. The zero-order valence-corrected chi connectivity index (χ0v) is 16.1. The Labute approximate surface area is 168 Å². The van der Waals surface area contributed by atoms with Gasteiger partial charge < -0.3 is 9.84 Å². The van der Waals surface area contributed by atoms with Crippen LogP contribution in [0.3, 0.4) is 0 Å². The van der Waals surface area contributed by atoms with Gasteiger partial charge in [0.15, 0.2) is 0 Å². The number of nitrogens with zero attached hydrogens (tertiary/aromatic N) is 2. The monoisotopic (exact) mass is 390 g/mol. The molecule has 0 spiro atoms. The van der Waals surface area contributed by atoms with Crippen molar-refractivity contribution < 1.29 is 9.84 Å². The van der Waals surface area contributed by atoms with E-state index in [9.17, 15) is 5.11 Å². The molecule has 28 heavy (non-hydrogen) atoms. The second-order valence-corrected chi connectivity index (χ2v) is 6.96. The maximum Gasteiger partial charge on any atom is 0.128 e. The van der Waals surface area contributed by atoms with Crippen LogP contribution in [0.5, 0.6) is 11.5 Å². The summed E-state index contributed by atoms with van der Waals surface area (Å²) in [6.45, 7) is 0.398. The number of hydrogen-bond acceptors (Lipinski definition) is 3. The Morgan fingerprint density at radius 1 is 0.964 bits per heavy atom. The van der Waals surface area contributed by atoms with Crippen molar-refractivity contribution in [1.82, 2.24) is 9.78 Å². The van der Waals surface area contributed by atoms with Gasteiger partial charge in [-0.3, -0.25) is 4.68 Å². The minimum absolute atomic E-state index is 0.129. The number of phenolic OH excluding ortho intramolecular Hbond substituents is 1. The number of aryl methyl sites for hydroxylation is 1. The first-order chi connectivity index (χ1) is 13.6. The number of aromatic hydroxyl groups is 1. The fraction of sp³-hybridized carbons (Fsp3) is 0.0870. The molecule has 0 aliphatic carbocycles. The van der Waals surface area contributed by atoms with E-state index in [0.717, 1.165) is 22.4 Å². The van der Waals surface area contributed by atoms with E-state index in [4.69, 9.17) is 16.3 Å². The second kappa shape index (κ2) is 7.79. The van der Waals surface area contributed by atoms with Gasteiger partial charge in [-0.05, 0) is 35.4 Å². The van der Waals surface area contributed by atoms with Gasteiger partial charge in [-0.2, -0.15) is 5.10 Å². The van der Waals surface area contributed by atoms with Gasteiger partial charge in [-0.1, -0.05) is 54.1 Å². The van der Waals surface area contributed by atoms with Gasteiger partial charge in [-0.25, -0.2) is 0 Å². The van der Waals surface area contributed by atoms with Crippen LogP contribution >= 0.6 is 11.6 Å². The highest BCUT2D eigenvalue weighted by molar-refractivity contribution is 6.30. The maximum atomic E-state index is 10.6. The van der Waals surface area contributed by atoms with Crippen LogP contribution in [0.15, 0.2) is 79.0 Å². The van der Waals surface area contributed by atoms with Gasteiger partial charge in [0, 0.05) is 35.5 Å². The van der Waals surface area contributed by atoms with E-state index >= 15 is 0 Å². The smallest absolute Gasteiger partial charge is 0.128 e. The summed E-state index contributed by atoms with van der Waals surface area (Å²) in [5.41, 5.74) is 4.42. The molecular formula is C23H19ClN2O2. The first-order valence-electron chi connectivity index (χ1n) is 8.90. The highest BCUT2D eigenvalue weighted by Crippen LogP contribution is 2.37. The summed E-state index contributed by atoms with van der Waals surface area (Å²) in [5, 5.41) is 15.9. The lowest BCUT2D eigenvalue weighted by Gasteiger charge is -2.10. The number of ether oxygens (including phenoxy) is 1. The first-order valence-corrected chi connectivity index (χ1v) is 9.27. The maximum absolute atomic E-state index is 10.6. The van der Waals surface area contributed by atoms with Crippen LogP contribution in [-0.2, 0) is 13.7 Å². The molecule has 4 aromatic rings. The third-order valence-electron chi connectivity index (χ3n) is 4.46. The lowest BCUT2D eigenvalue weighted by atomic mass is 10.0. The Balaban J connectivity index is 1.59. The molecule has 1 aromatic heterocycles. The van der Waals surface area contributed by atoms with E-state index in [0.29, 0.717) is 22.9 Å². The molecule has 1 N–H and O–H groups in total. The SMILES string of the molecule is Cn1cc(-c2ccccc2)c(-c2ccc(OCc3ccc(Cl)cc3)cc2O)n1. The van der Waals surface area contributed by atoms with Crippen LogP contribution in [0.25, 0.3) is 22.4 Å². The molecule has 4 rings (SSSR count). The largest absolute Gasteiger partial charge is 0.507 e. The molecule has 4 nitrogen and oxygen atoms in total. The highest BCUT2D eigenvalue weighted by Gasteiger charge is 2.16. The summed E-state index contributed by atoms with van der Waals surface area (Å²) in [6.07, 6.45) is 1.95. The van der Waals surface area contributed by atoms with Crippen LogP contribution < -0.4 is 4.74 Å². The van der Waals surface area contributed by atoms with Gasteiger partial charge >= 0.3 is 0 Å². The lowest BCUT2D eigenvalue weighted by molar-refractivity contribution is 0.304. The molecule has 0 aliphatic rings. The summed E-state index contributed by atoms with van der Waals surface area (Å²) in [4.78, 5) is 0. The number of phenols is 1. The molecule has 0 saturated carbocycles. The van der Waals surface area contributed by atoms with Gasteiger partial charge in [0.25, 0.3) is 0 Å². The Kier molecular flexibility index (Phi) is 5.04. The van der Waals surface area contributed by atoms with Crippen molar-refractivity contribution in [2.45, 2.75) is 6.61 Å². The lowest BCUT2D eigenvalue weighted by Crippen LogP contribution is -1.95. The van der Waals surface area contributed by atoms with Crippen LogP contribution in [0.2, 0.25) is 5.02 Å². The molecule has 0 saturated heterocycles. The van der Waals surface area contributed by atoms with Crippen LogP contribution in [0.1, 0.15) is 5.56 Å². The van der Waals surface area contributed by atoms with Crippen LogP contribution in [0, 0.1) is 0 Å². The summed E-state index contributed by atoms with van der Waals surface area (Å²) in [6, 6.07) is 22.8. The average Bonchev–Trinajstić information content (AvgIpc) is 3.10.